The number of carboxylic acids is 1. The molecular formula is C12H24O4. The van der Waals surface area contributed by atoms with Crippen LogP contribution in [0.3, 0.4) is 0 Å². The van der Waals surface area contributed by atoms with Gasteiger partial charge in [-0.2, -0.15) is 0 Å². The van der Waals surface area contributed by atoms with Crippen LogP contribution in [-0.2, 0) is 14.6 Å². The molecule has 4 heteroatoms. The summed E-state index contributed by atoms with van der Waals surface area (Å²) in [5, 5.41) is 8.91. The summed E-state index contributed by atoms with van der Waals surface area (Å²) in [5.74, 6) is -0.963. The first-order chi connectivity index (χ1) is 7.29. The number of hydrogen-bond acceptors (Lipinski definition) is 3. The summed E-state index contributed by atoms with van der Waals surface area (Å²) in [6.45, 7) is 9.94. The number of rotatable bonds is 7. The van der Waals surface area contributed by atoms with E-state index >= 15 is 0 Å². The standard InChI is InChI=1S/C12H24O4/c1-6-7-8-10(11(13)14)16-15-9(2)12(3,4)5/h9-10H,6-8H2,1-5H3,(H,13,14). The molecule has 0 spiro atoms. The van der Waals surface area contributed by atoms with Crippen molar-refractivity contribution in [1.82, 2.24) is 0 Å². The van der Waals surface area contributed by atoms with E-state index in [-0.39, 0.29) is 11.5 Å². The smallest absolute Gasteiger partial charge is 0.336 e. The van der Waals surface area contributed by atoms with Crippen molar-refractivity contribution in [3.63, 3.8) is 0 Å². The Balaban J connectivity index is 4.07. The zero-order valence-electron chi connectivity index (χ0n) is 10.9. The molecule has 2 atom stereocenters. The second-order valence-corrected chi connectivity index (χ2v) is 5.17. The van der Waals surface area contributed by atoms with Crippen molar-refractivity contribution < 1.29 is 19.7 Å². The van der Waals surface area contributed by atoms with Gasteiger partial charge in [-0.3, -0.25) is 0 Å². The monoisotopic (exact) mass is 232 g/mol. The summed E-state index contributed by atoms with van der Waals surface area (Å²) in [4.78, 5) is 21.0. The van der Waals surface area contributed by atoms with E-state index in [2.05, 4.69) is 0 Å². The number of aliphatic carboxylic acids is 1. The van der Waals surface area contributed by atoms with Crippen molar-refractivity contribution in [1.29, 1.82) is 0 Å². The van der Waals surface area contributed by atoms with E-state index in [9.17, 15) is 4.79 Å². The Morgan fingerprint density at radius 1 is 1.31 bits per heavy atom. The van der Waals surface area contributed by atoms with Crippen LogP contribution in [0.4, 0.5) is 0 Å². The minimum absolute atomic E-state index is 0.0617. The van der Waals surface area contributed by atoms with Gasteiger partial charge in [0.05, 0.1) is 6.10 Å². The van der Waals surface area contributed by atoms with Gasteiger partial charge in [-0.15, -0.1) is 0 Å². The van der Waals surface area contributed by atoms with Crippen LogP contribution in [-0.4, -0.2) is 23.3 Å². The van der Waals surface area contributed by atoms with Gasteiger partial charge in [0, 0.05) is 0 Å². The maximum Gasteiger partial charge on any atom is 0.336 e. The lowest BCUT2D eigenvalue weighted by Gasteiger charge is -2.27. The highest BCUT2D eigenvalue weighted by Crippen LogP contribution is 2.22. The summed E-state index contributed by atoms with van der Waals surface area (Å²) in [7, 11) is 0. The van der Waals surface area contributed by atoms with Gasteiger partial charge in [0.25, 0.3) is 0 Å². The largest absolute Gasteiger partial charge is 0.479 e. The number of hydrogen-bond donors (Lipinski definition) is 1. The molecule has 2 unspecified atom stereocenters. The van der Waals surface area contributed by atoms with Crippen LogP contribution in [0.25, 0.3) is 0 Å². The van der Waals surface area contributed by atoms with Crippen LogP contribution in [0, 0.1) is 5.41 Å². The fourth-order valence-electron chi connectivity index (χ4n) is 0.897. The third-order valence-corrected chi connectivity index (χ3v) is 2.63. The molecule has 0 saturated carbocycles. The molecule has 0 radical (unpaired) electrons. The molecule has 0 heterocycles. The SMILES string of the molecule is CCCCC(OOC(C)C(C)(C)C)C(=O)O. The van der Waals surface area contributed by atoms with Crippen LogP contribution >= 0.6 is 0 Å². The molecule has 0 aliphatic carbocycles. The fourth-order valence-corrected chi connectivity index (χ4v) is 0.897. The maximum atomic E-state index is 10.9. The summed E-state index contributed by atoms with van der Waals surface area (Å²) < 4.78 is 0. The number of carbonyl (C=O) groups is 1. The molecule has 0 saturated heterocycles. The van der Waals surface area contributed by atoms with E-state index < -0.39 is 12.1 Å². The molecule has 4 nitrogen and oxygen atoms in total. The topological polar surface area (TPSA) is 55.8 Å². The van der Waals surface area contributed by atoms with E-state index in [1.807, 2.05) is 34.6 Å². The molecule has 16 heavy (non-hydrogen) atoms. The van der Waals surface area contributed by atoms with Crippen molar-refractivity contribution >= 4 is 5.97 Å². The van der Waals surface area contributed by atoms with E-state index in [4.69, 9.17) is 14.9 Å². The average Bonchev–Trinajstić information content (AvgIpc) is 2.15. The minimum atomic E-state index is -0.963. The Morgan fingerprint density at radius 2 is 1.88 bits per heavy atom. The van der Waals surface area contributed by atoms with Crippen molar-refractivity contribution in [2.24, 2.45) is 5.41 Å². The predicted octanol–water partition coefficient (Wildman–Crippen LogP) is 3.01. The maximum absolute atomic E-state index is 10.9. The Bertz CT molecular complexity index is 208. The molecule has 1 N–H and O–H groups in total. The lowest BCUT2D eigenvalue weighted by atomic mass is 9.91. The molecule has 96 valence electrons. The second kappa shape index (κ2) is 6.86. The molecule has 0 rings (SSSR count). The molecule has 0 aromatic carbocycles. The first-order valence-corrected chi connectivity index (χ1v) is 5.84. The van der Waals surface area contributed by atoms with Gasteiger partial charge in [-0.1, -0.05) is 40.5 Å². The molecule has 0 aromatic heterocycles. The van der Waals surface area contributed by atoms with E-state index in [1.165, 1.54) is 0 Å². The Morgan fingerprint density at radius 3 is 2.25 bits per heavy atom. The van der Waals surface area contributed by atoms with Crippen molar-refractivity contribution in [3.05, 3.63) is 0 Å². The zero-order valence-corrected chi connectivity index (χ0v) is 10.9. The highest BCUT2D eigenvalue weighted by Gasteiger charge is 2.25. The highest BCUT2D eigenvalue weighted by atomic mass is 17.2. The summed E-state index contributed by atoms with van der Waals surface area (Å²) in [6.07, 6.45) is 1.26. The van der Waals surface area contributed by atoms with Crippen molar-refractivity contribution in [2.45, 2.75) is 66.1 Å². The molecular weight excluding hydrogens is 208 g/mol. The van der Waals surface area contributed by atoms with Gasteiger partial charge in [0.2, 0.25) is 0 Å². The summed E-state index contributed by atoms with van der Waals surface area (Å²) in [6, 6.07) is 0. The van der Waals surface area contributed by atoms with Crippen LogP contribution in [0.15, 0.2) is 0 Å². The third kappa shape index (κ3) is 6.08. The van der Waals surface area contributed by atoms with Crippen molar-refractivity contribution in [3.8, 4) is 0 Å². The normalized spacial score (nSPS) is 15.8. The van der Waals surface area contributed by atoms with Crippen LogP contribution < -0.4 is 0 Å². The summed E-state index contributed by atoms with van der Waals surface area (Å²) >= 11 is 0. The zero-order chi connectivity index (χ0) is 12.8. The van der Waals surface area contributed by atoms with Crippen LogP contribution in [0.2, 0.25) is 0 Å². The quantitative estimate of drug-likeness (QED) is 0.541. The number of unbranched alkanes of at least 4 members (excludes halogenated alkanes) is 1. The lowest BCUT2D eigenvalue weighted by Crippen LogP contribution is -2.31. The lowest BCUT2D eigenvalue weighted by molar-refractivity contribution is -0.357. The van der Waals surface area contributed by atoms with Gasteiger partial charge in [0.1, 0.15) is 0 Å². The summed E-state index contributed by atoms with van der Waals surface area (Å²) in [5.41, 5.74) is -0.0617. The van der Waals surface area contributed by atoms with Crippen molar-refractivity contribution in [2.75, 3.05) is 0 Å². The van der Waals surface area contributed by atoms with Gasteiger partial charge in [-0.25, -0.2) is 14.6 Å². The van der Waals surface area contributed by atoms with Gasteiger partial charge >= 0.3 is 5.97 Å². The van der Waals surface area contributed by atoms with Crippen LogP contribution in [0.1, 0.15) is 53.9 Å². The highest BCUT2D eigenvalue weighted by molar-refractivity contribution is 5.72. The molecule has 0 aliphatic heterocycles. The predicted molar refractivity (Wildman–Crippen MR) is 62.0 cm³/mol. The second-order valence-electron chi connectivity index (χ2n) is 5.17. The van der Waals surface area contributed by atoms with Gasteiger partial charge in [0.15, 0.2) is 6.10 Å². The van der Waals surface area contributed by atoms with E-state index in [0.717, 1.165) is 12.8 Å². The average molecular weight is 232 g/mol. The molecule has 0 aromatic rings. The molecule has 0 aliphatic rings. The van der Waals surface area contributed by atoms with Gasteiger partial charge in [-0.05, 0) is 18.8 Å². The Kier molecular flexibility index (Phi) is 6.60. The fraction of sp³-hybridized carbons (Fsp3) is 0.917. The molecule has 0 amide bonds. The third-order valence-electron chi connectivity index (χ3n) is 2.63. The molecule has 0 bridgehead atoms. The minimum Gasteiger partial charge on any atom is -0.479 e. The van der Waals surface area contributed by atoms with Gasteiger partial charge < -0.3 is 5.11 Å². The van der Waals surface area contributed by atoms with Crippen LogP contribution in [0.5, 0.6) is 0 Å². The Hall–Kier alpha value is -0.610. The number of carboxylic acid groups (broad SMARTS) is 1. The molecule has 0 fully saturated rings. The van der Waals surface area contributed by atoms with E-state index in [1.54, 1.807) is 0 Å². The van der Waals surface area contributed by atoms with E-state index in [0.29, 0.717) is 6.42 Å². The first-order valence-electron chi connectivity index (χ1n) is 5.84. The first kappa shape index (κ1) is 15.4. The Labute approximate surface area is 97.9 Å².